The number of benzene rings is 2. The van der Waals surface area contributed by atoms with Gasteiger partial charge in [0.05, 0.1) is 0 Å². The Morgan fingerprint density at radius 1 is 1.00 bits per heavy atom. The molecule has 2 aromatic carbocycles. The molecule has 0 bridgehead atoms. The van der Waals surface area contributed by atoms with Crippen LogP contribution >= 0.6 is 0 Å². The molecule has 0 aliphatic carbocycles. The van der Waals surface area contributed by atoms with Crippen molar-refractivity contribution in [3.63, 3.8) is 0 Å². The lowest BCUT2D eigenvalue weighted by molar-refractivity contribution is 0.0919. The van der Waals surface area contributed by atoms with Gasteiger partial charge in [-0.25, -0.2) is 4.79 Å². The molecule has 1 aliphatic heterocycles. The van der Waals surface area contributed by atoms with E-state index in [0.717, 1.165) is 24.1 Å². The lowest BCUT2D eigenvalue weighted by Crippen LogP contribution is -2.47. The highest BCUT2D eigenvalue weighted by Crippen LogP contribution is 2.14. The van der Waals surface area contributed by atoms with E-state index in [1.54, 1.807) is 4.90 Å². The monoisotopic (exact) mass is 337 g/mol. The molecule has 3 amide bonds. The van der Waals surface area contributed by atoms with E-state index in [4.69, 9.17) is 0 Å². The Hall–Kier alpha value is -2.82. The van der Waals surface area contributed by atoms with Crippen LogP contribution < -0.4 is 10.6 Å². The third-order valence-electron chi connectivity index (χ3n) is 4.42. The van der Waals surface area contributed by atoms with Gasteiger partial charge in [0.2, 0.25) is 0 Å². The van der Waals surface area contributed by atoms with Gasteiger partial charge in [-0.15, -0.1) is 0 Å². The Kier molecular flexibility index (Phi) is 5.33. The summed E-state index contributed by atoms with van der Waals surface area (Å²) in [5, 5.41) is 5.97. The second-order valence-electron chi connectivity index (χ2n) is 6.40. The Morgan fingerprint density at radius 2 is 1.72 bits per heavy atom. The maximum atomic E-state index is 12.3. The largest absolute Gasteiger partial charge is 0.349 e. The number of piperidine rings is 1. The molecule has 2 N–H and O–H groups in total. The van der Waals surface area contributed by atoms with Crippen LogP contribution in [-0.4, -0.2) is 36.0 Å². The van der Waals surface area contributed by atoms with Gasteiger partial charge in [-0.05, 0) is 44.0 Å². The van der Waals surface area contributed by atoms with Gasteiger partial charge in [0.15, 0.2) is 0 Å². The van der Waals surface area contributed by atoms with Crippen molar-refractivity contribution in [1.29, 1.82) is 0 Å². The highest BCUT2D eigenvalue weighted by Gasteiger charge is 2.24. The number of rotatable bonds is 3. The van der Waals surface area contributed by atoms with Gasteiger partial charge in [-0.3, -0.25) is 4.79 Å². The molecular formula is C20H23N3O2. The molecular weight excluding hydrogens is 314 g/mol. The number of nitrogens with zero attached hydrogens (tertiary/aromatic N) is 1. The smallest absolute Gasteiger partial charge is 0.321 e. The highest BCUT2D eigenvalue weighted by atomic mass is 16.2. The van der Waals surface area contributed by atoms with Crippen LogP contribution in [0.4, 0.5) is 10.5 Å². The summed E-state index contributed by atoms with van der Waals surface area (Å²) in [5.74, 6) is -0.0455. The average molecular weight is 337 g/mol. The van der Waals surface area contributed by atoms with E-state index < -0.39 is 0 Å². The zero-order valence-corrected chi connectivity index (χ0v) is 14.4. The fraction of sp³-hybridized carbons (Fsp3) is 0.300. The van der Waals surface area contributed by atoms with Gasteiger partial charge >= 0.3 is 6.03 Å². The lowest BCUT2D eigenvalue weighted by atomic mass is 10.0. The van der Waals surface area contributed by atoms with Crippen molar-refractivity contribution < 1.29 is 9.59 Å². The van der Waals surface area contributed by atoms with Crippen molar-refractivity contribution in [1.82, 2.24) is 10.2 Å². The fourth-order valence-corrected chi connectivity index (χ4v) is 3.01. The molecule has 0 unspecified atom stereocenters. The first-order valence-corrected chi connectivity index (χ1v) is 8.60. The molecule has 0 atom stereocenters. The van der Waals surface area contributed by atoms with Crippen LogP contribution in [0.15, 0.2) is 54.6 Å². The predicted molar refractivity (Wildman–Crippen MR) is 98.7 cm³/mol. The predicted octanol–water partition coefficient (Wildman–Crippen LogP) is 3.42. The van der Waals surface area contributed by atoms with Crippen LogP contribution in [0.1, 0.15) is 28.8 Å². The molecule has 3 rings (SSSR count). The average Bonchev–Trinajstić information content (AvgIpc) is 2.63. The molecule has 0 spiro atoms. The van der Waals surface area contributed by atoms with Gasteiger partial charge in [-0.1, -0.05) is 35.9 Å². The summed E-state index contributed by atoms with van der Waals surface area (Å²) < 4.78 is 0. The minimum atomic E-state index is -0.0883. The number of nitrogens with one attached hydrogen (secondary N) is 2. The molecule has 1 saturated heterocycles. The van der Waals surface area contributed by atoms with Crippen molar-refractivity contribution in [3.05, 3.63) is 65.7 Å². The van der Waals surface area contributed by atoms with E-state index in [1.807, 2.05) is 61.5 Å². The molecule has 25 heavy (non-hydrogen) atoms. The summed E-state index contributed by atoms with van der Waals surface area (Å²) in [6.07, 6.45) is 1.53. The standard InChI is InChI=1S/C20H23N3O2/c1-15-6-5-7-16(14-15)19(24)21-18-10-12-23(13-11-18)20(25)22-17-8-3-2-4-9-17/h2-9,14,18H,10-13H2,1H3,(H,21,24)(H,22,25). The van der Waals surface area contributed by atoms with Crippen LogP contribution in [0.25, 0.3) is 0 Å². The van der Waals surface area contributed by atoms with Gasteiger partial charge in [0.25, 0.3) is 5.91 Å². The van der Waals surface area contributed by atoms with E-state index in [9.17, 15) is 9.59 Å². The summed E-state index contributed by atoms with van der Waals surface area (Å²) in [5.41, 5.74) is 2.55. The van der Waals surface area contributed by atoms with Gasteiger partial charge in [0.1, 0.15) is 0 Å². The maximum absolute atomic E-state index is 12.3. The fourth-order valence-electron chi connectivity index (χ4n) is 3.01. The summed E-state index contributed by atoms with van der Waals surface area (Å²) in [6, 6.07) is 17.0. The van der Waals surface area contributed by atoms with Crippen LogP contribution in [-0.2, 0) is 0 Å². The number of urea groups is 1. The minimum Gasteiger partial charge on any atom is -0.349 e. The van der Waals surface area contributed by atoms with E-state index >= 15 is 0 Å². The maximum Gasteiger partial charge on any atom is 0.321 e. The van der Waals surface area contributed by atoms with E-state index in [1.165, 1.54) is 0 Å². The second-order valence-corrected chi connectivity index (χ2v) is 6.40. The molecule has 1 fully saturated rings. The van der Waals surface area contributed by atoms with Gasteiger partial charge in [-0.2, -0.15) is 0 Å². The molecule has 5 heteroatoms. The summed E-state index contributed by atoms with van der Waals surface area (Å²) in [6.45, 7) is 3.25. The first kappa shape index (κ1) is 17.0. The molecule has 1 aliphatic rings. The first-order chi connectivity index (χ1) is 12.1. The third-order valence-corrected chi connectivity index (χ3v) is 4.42. The lowest BCUT2D eigenvalue weighted by Gasteiger charge is -2.32. The van der Waals surface area contributed by atoms with E-state index in [0.29, 0.717) is 18.7 Å². The molecule has 2 aromatic rings. The Morgan fingerprint density at radius 3 is 2.40 bits per heavy atom. The normalized spacial score (nSPS) is 14.8. The number of carbonyl (C=O) groups excluding carboxylic acids is 2. The Balaban J connectivity index is 1.48. The number of hydrogen-bond acceptors (Lipinski definition) is 2. The molecule has 0 radical (unpaired) electrons. The number of hydrogen-bond donors (Lipinski definition) is 2. The second kappa shape index (κ2) is 7.83. The van der Waals surface area contributed by atoms with E-state index in [2.05, 4.69) is 10.6 Å². The van der Waals surface area contributed by atoms with Gasteiger partial charge < -0.3 is 15.5 Å². The number of likely N-dealkylation sites (tertiary alicyclic amines) is 1. The first-order valence-electron chi connectivity index (χ1n) is 8.60. The third kappa shape index (κ3) is 4.59. The van der Waals surface area contributed by atoms with Crippen molar-refractivity contribution in [2.24, 2.45) is 0 Å². The number of anilines is 1. The number of aryl methyl sites for hydroxylation is 1. The van der Waals surface area contributed by atoms with Crippen molar-refractivity contribution in [2.75, 3.05) is 18.4 Å². The van der Waals surface area contributed by atoms with E-state index in [-0.39, 0.29) is 18.0 Å². The summed E-state index contributed by atoms with van der Waals surface area (Å²) >= 11 is 0. The topological polar surface area (TPSA) is 61.4 Å². The zero-order valence-electron chi connectivity index (χ0n) is 14.4. The molecule has 5 nitrogen and oxygen atoms in total. The molecule has 0 aromatic heterocycles. The molecule has 130 valence electrons. The minimum absolute atomic E-state index is 0.0455. The Bertz CT molecular complexity index is 738. The Labute approximate surface area is 148 Å². The van der Waals surface area contributed by atoms with Crippen LogP contribution in [0.3, 0.4) is 0 Å². The molecule has 0 saturated carbocycles. The number of amides is 3. The summed E-state index contributed by atoms with van der Waals surface area (Å²) in [4.78, 5) is 26.4. The molecule has 1 heterocycles. The van der Waals surface area contributed by atoms with Crippen molar-refractivity contribution in [2.45, 2.75) is 25.8 Å². The highest BCUT2D eigenvalue weighted by molar-refractivity contribution is 5.94. The van der Waals surface area contributed by atoms with Crippen molar-refractivity contribution in [3.8, 4) is 0 Å². The number of para-hydroxylation sites is 1. The van der Waals surface area contributed by atoms with Crippen LogP contribution in [0.2, 0.25) is 0 Å². The van der Waals surface area contributed by atoms with Crippen LogP contribution in [0, 0.1) is 6.92 Å². The van der Waals surface area contributed by atoms with Gasteiger partial charge in [0, 0.05) is 30.4 Å². The quantitative estimate of drug-likeness (QED) is 0.901. The number of carbonyl (C=O) groups is 2. The zero-order chi connectivity index (χ0) is 17.6. The van der Waals surface area contributed by atoms with Crippen molar-refractivity contribution >= 4 is 17.6 Å². The summed E-state index contributed by atoms with van der Waals surface area (Å²) in [7, 11) is 0. The van der Waals surface area contributed by atoms with Crippen LogP contribution in [0.5, 0.6) is 0 Å². The SMILES string of the molecule is Cc1cccc(C(=O)NC2CCN(C(=O)Nc3ccccc3)CC2)c1.